The van der Waals surface area contributed by atoms with Gasteiger partial charge in [0.05, 0.1) is 0 Å². The molecule has 0 amide bonds. The number of aryl methyl sites for hydroxylation is 1. The van der Waals surface area contributed by atoms with Crippen LogP contribution in [0.1, 0.15) is 31.4 Å². The Morgan fingerprint density at radius 1 is 1.18 bits per heavy atom. The Hall–Kier alpha value is -0.860. The molecule has 0 spiro atoms. The minimum absolute atomic E-state index is 0.275. The lowest BCUT2D eigenvalue weighted by Gasteiger charge is -2.21. The molecule has 1 atom stereocenters. The molecule has 2 N–H and O–H groups in total. The van der Waals surface area contributed by atoms with Crippen molar-refractivity contribution < 1.29 is 0 Å². The Morgan fingerprint density at radius 2 is 1.82 bits per heavy atom. The van der Waals surface area contributed by atoms with Crippen LogP contribution in [0.4, 0.5) is 0 Å². The first kappa shape index (κ1) is 14.2. The highest BCUT2D eigenvalue weighted by Gasteiger charge is 2.07. The molecule has 1 aromatic carbocycles. The lowest BCUT2D eigenvalue weighted by Crippen LogP contribution is -2.31. The van der Waals surface area contributed by atoms with Crippen molar-refractivity contribution in [3.8, 4) is 0 Å². The van der Waals surface area contributed by atoms with Crippen LogP contribution >= 0.6 is 0 Å². The zero-order chi connectivity index (χ0) is 12.7. The van der Waals surface area contributed by atoms with Gasteiger partial charge in [-0.25, -0.2) is 0 Å². The fourth-order valence-electron chi connectivity index (χ4n) is 2.11. The molecule has 17 heavy (non-hydrogen) atoms. The van der Waals surface area contributed by atoms with Crippen LogP contribution in [0, 0.1) is 6.92 Å². The molecule has 0 heterocycles. The number of hydrogen-bond donors (Lipinski definition) is 1. The van der Waals surface area contributed by atoms with Crippen LogP contribution in [0.2, 0.25) is 0 Å². The van der Waals surface area contributed by atoms with Gasteiger partial charge in [-0.3, -0.25) is 0 Å². The van der Waals surface area contributed by atoms with E-state index in [4.69, 9.17) is 5.73 Å². The molecular formula is C15H26N2. The van der Waals surface area contributed by atoms with E-state index in [1.54, 1.807) is 0 Å². The SMILES string of the molecule is CCN(CC)CCC(N)Cc1ccccc1C. The molecule has 0 saturated heterocycles. The zero-order valence-electron chi connectivity index (χ0n) is 11.4. The summed E-state index contributed by atoms with van der Waals surface area (Å²) in [7, 11) is 0. The maximum absolute atomic E-state index is 6.21. The fourth-order valence-corrected chi connectivity index (χ4v) is 2.11. The number of rotatable bonds is 7. The number of benzene rings is 1. The third kappa shape index (κ3) is 4.88. The van der Waals surface area contributed by atoms with E-state index < -0.39 is 0 Å². The smallest absolute Gasteiger partial charge is 0.00915 e. The molecular weight excluding hydrogens is 208 g/mol. The van der Waals surface area contributed by atoms with E-state index in [9.17, 15) is 0 Å². The highest BCUT2D eigenvalue weighted by Crippen LogP contribution is 2.10. The summed E-state index contributed by atoms with van der Waals surface area (Å²) in [6.07, 6.45) is 2.07. The van der Waals surface area contributed by atoms with Gasteiger partial charge in [-0.1, -0.05) is 38.1 Å². The van der Waals surface area contributed by atoms with Crippen molar-refractivity contribution in [3.05, 3.63) is 35.4 Å². The van der Waals surface area contributed by atoms with Gasteiger partial charge < -0.3 is 10.6 Å². The van der Waals surface area contributed by atoms with Gasteiger partial charge in [0.2, 0.25) is 0 Å². The second-order valence-corrected chi connectivity index (χ2v) is 4.71. The lowest BCUT2D eigenvalue weighted by molar-refractivity contribution is 0.290. The highest BCUT2D eigenvalue weighted by molar-refractivity contribution is 5.26. The largest absolute Gasteiger partial charge is 0.327 e. The van der Waals surface area contributed by atoms with Crippen LogP contribution < -0.4 is 5.73 Å². The molecule has 0 bridgehead atoms. The average Bonchev–Trinajstić information content (AvgIpc) is 2.33. The third-order valence-corrected chi connectivity index (χ3v) is 3.45. The van der Waals surface area contributed by atoms with Crippen LogP contribution in [0.3, 0.4) is 0 Å². The molecule has 1 aromatic rings. The Balaban J connectivity index is 2.39. The van der Waals surface area contributed by atoms with Crippen LogP contribution in [-0.2, 0) is 6.42 Å². The van der Waals surface area contributed by atoms with Gasteiger partial charge in [-0.2, -0.15) is 0 Å². The van der Waals surface area contributed by atoms with Crippen molar-refractivity contribution in [2.24, 2.45) is 5.73 Å². The predicted molar refractivity (Wildman–Crippen MR) is 75.3 cm³/mol. The van der Waals surface area contributed by atoms with Gasteiger partial charge in [-0.15, -0.1) is 0 Å². The minimum Gasteiger partial charge on any atom is -0.327 e. The molecule has 0 aliphatic carbocycles. The lowest BCUT2D eigenvalue weighted by atomic mass is 10.00. The van der Waals surface area contributed by atoms with Crippen LogP contribution in [0.25, 0.3) is 0 Å². The van der Waals surface area contributed by atoms with E-state index in [1.807, 2.05) is 0 Å². The van der Waals surface area contributed by atoms with Gasteiger partial charge in [0.1, 0.15) is 0 Å². The highest BCUT2D eigenvalue weighted by atomic mass is 15.1. The first-order valence-electron chi connectivity index (χ1n) is 6.69. The van der Waals surface area contributed by atoms with Gasteiger partial charge in [0.15, 0.2) is 0 Å². The Labute approximate surface area is 106 Å². The fraction of sp³-hybridized carbons (Fsp3) is 0.600. The molecule has 2 nitrogen and oxygen atoms in total. The Bertz CT molecular complexity index is 318. The summed E-state index contributed by atoms with van der Waals surface area (Å²) in [6, 6.07) is 8.80. The molecule has 1 rings (SSSR count). The van der Waals surface area contributed by atoms with Crippen molar-refractivity contribution in [2.45, 2.75) is 39.7 Å². The molecule has 1 unspecified atom stereocenters. The quantitative estimate of drug-likeness (QED) is 0.786. The Morgan fingerprint density at radius 3 is 2.41 bits per heavy atom. The van der Waals surface area contributed by atoms with Crippen LogP contribution in [0.15, 0.2) is 24.3 Å². The molecule has 2 heteroatoms. The topological polar surface area (TPSA) is 29.3 Å². The molecule has 0 saturated carbocycles. The molecule has 0 aromatic heterocycles. The average molecular weight is 234 g/mol. The summed E-state index contributed by atoms with van der Waals surface area (Å²) in [5, 5.41) is 0. The summed E-state index contributed by atoms with van der Waals surface area (Å²) in [5.41, 5.74) is 8.95. The monoisotopic (exact) mass is 234 g/mol. The van der Waals surface area contributed by atoms with Crippen molar-refractivity contribution in [1.82, 2.24) is 4.90 Å². The second-order valence-electron chi connectivity index (χ2n) is 4.71. The summed E-state index contributed by atoms with van der Waals surface area (Å²) in [6.45, 7) is 9.92. The summed E-state index contributed by atoms with van der Waals surface area (Å²) < 4.78 is 0. The summed E-state index contributed by atoms with van der Waals surface area (Å²) in [4.78, 5) is 2.43. The predicted octanol–water partition coefficient (Wildman–Crippen LogP) is 2.60. The molecule has 0 aliphatic heterocycles. The molecule has 0 aliphatic rings. The van der Waals surface area contributed by atoms with E-state index in [0.717, 1.165) is 32.5 Å². The number of hydrogen-bond acceptors (Lipinski definition) is 2. The molecule has 0 radical (unpaired) electrons. The van der Waals surface area contributed by atoms with E-state index in [1.165, 1.54) is 11.1 Å². The number of nitrogens with two attached hydrogens (primary N) is 1. The molecule has 0 fully saturated rings. The second kappa shape index (κ2) is 7.46. The maximum atomic E-state index is 6.21. The van der Waals surface area contributed by atoms with Gasteiger partial charge in [0, 0.05) is 6.04 Å². The minimum atomic E-state index is 0.275. The normalized spacial score (nSPS) is 13.0. The third-order valence-electron chi connectivity index (χ3n) is 3.45. The first-order chi connectivity index (χ1) is 8.17. The van der Waals surface area contributed by atoms with E-state index in [0.29, 0.717) is 0 Å². The van der Waals surface area contributed by atoms with Crippen molar-refractivity contribution in [2.75, 3.05) is 19.6 Å². The maximum Gasteiger partial charge on any atom is 0.00915 e. The first-order valence-corrected chi connectivity index (χ1v) is 6.69. The summed E-state index contributed by atoms with van der Waals surface area (Å²) >= 11 is 0. The van der Waals surface area contributed by atoms with Crippen LogP contribution in [0.5, 0.6) is 0 Å². The van der Waals surface area contributed by atoms with Crippen molar-refractivity contribution >= 4 is 0 Å². The zero-order valence-corrected chi connectivity index (χ0v) is 11.4. The summed E-state index contributed by atoms with van der Waals surface area (Å²) in [5.74, 6) is 0. The van der Waals surface area contributed by atoms with E-state index in [2.05, 4.69) is 49.9 Å². The van der Waals surface area contributed by atoms with Crippen molar-refractivity contribution in [3.63, 3.8) is 0 Å². The van der Waals surface area contributed by atoms with E-state index >= 15 is 0 Å². The molecule has 96 valence electrons. The van der Waals surface area contributed by atoms with Crippen LogP contribution in [-0.4, -0.2) is 30.6 Å². The van der Waals surface area contributed by atoms with Crippen molar-refractivity contribution in [1.29, 1.82) is 0 Å². The standard InChI is InChI=1S/C15H26N2/c1-4-17(5-2)11-10-15(16)12-14-9-7-6-8-13(14)3/h6-9,15H,4-5,10-12,16H2,1-3H3. The van der Waals surface area contributed by atoms with Gasteiger partial charge >= 0.3 is 0 Å². The Kier molecular flexibility index (Phi) is 6.23. The van der Waals surface area contributed by atoms with Gasteiger partial charge in [-0.05, 0) is 50.5 Å². The number of nitrogens with zero attached hydrogens (tertiary/aromatic N) is 1. The van der Waals surface area contributed by atoms with E-state index in [-0.39, 0.29) is 6.04 Å². The van der Waals surface area contributed by atoms with Gasteiger partial charge in [0.25, 0.3) is 0 Å².